The Morgan fingerprint density at radius 3 is 2.53 bits per heavy atom. The van der Waals surface area contributed by atoms with Gasteiger partial charge in [0.15, 0.2) is 11.5 Å². The van der Waals surface area contributed by atoms with Gasteiger partial charge in [-0.05, 0) is 38.1 Å². The highest BCUT2D eigenvalue weighted by Gasteiger charge is 2.06. The summed E-state index contributed by atoms with van der Waals surface area (Å²) >= 11 is 0. The van der Waals surface area contributed by atoms with Crippen molar-refractivity contribution >= 4 is 5.69 Å². The van der Waals surface area contributed by atoms with Gasteiger partial charge in [-0.25, -0.2) is 0 Å². The van der Waals surface area contributed by atoms with E-state index in [1.54, 1.807) is 0 Å². The van der Waals surface area contributed by atoms with Crippen molar-refractivity contribution in [3.05, 3.63) is 42.2 Å². The lowest BCUT2D eigenvalue weighted by molar-refractivity contribution is 0.288. The lowest BCUT2D eigenvalue weighted by Crippen LogP contribution is -2.02. The number of hydrogen-bond acceptors (Lipinski definition) is 3. The summed E-state index contributed by atoms with van der Waals surface area (Å²) in [6, 6.07) is 9.94. The molecule has 2 aromatic rings. The Kier molecular flexibility index (Phi) is 4.72. The molecule has 0 amide bonds. The van der Waals surface area contributed by atoms with E-state index in [9.17, 15) is 0 Å². The van der Waals surface area contributed by atoms with Gasteiger partial charge in [0.25, 0.3) is 0 Å². The lowest BCUT2D eigenvalue weighted by atomic mass is 10.2. The van der Waals surface area contributed by atoms with E-state index in [4.69, 9.17) is 9.47 Å². The molecule has 4 nitrogen and oxygen atoms in total. The van der Waals surface area contributed by atoms with Crippen LogP contribution in [-0.4, -0.2) is 18.2 Å². The van der Waals surface area contributed by atoms with Gasteiger partial charge in [-0.3, -0.25) is 0 Å². The Morgan fingerprint density at radius 1 is 1.05 bits per heavy atom. The van der Waals surface area contributed by atoms with Crippen LogP contribution in [0, 0.1) is 0 Å². The van der Waals surface area contributed by atoms with Gasteiger partial charge < -0.3 is 19.8 Å². The number of aromatic nitrogens is 1. The van der Waals surface area contributed by atoms with E-state index >= 15 is 0 Å². The van der Waals surface area contributed by atoms with Crippen molar-refractivity contribution in [3.63, 3.8) is 0 Å². The van der Waals surface area contributed by atoms with E-state index in [1.165, 1.54) is 0 Å². The molecule has 0 bridgehead atoms. The Bertz CT molecular complexity index is 495. The van der Waals surface area contributed by atoms with Gasteiger partial charge in [0, 0.05) is 23.6 Å². The molecule has 102 valence electrons. The molecule has 0 aliphatic heterocycles. The Balaban J connectivity index is 2.06. The second-order valence-corrected chi connectivity index (χ2v) is 4.08. The predicted molar refractivity (Wildman–Crippen MR) is 76.9 cm³/mol. The van der Waals surface area contributed by atoms with E-state index in [2.05, 4.69) is 10.3 Å². The number of anilines is 1. The summed E-state index contributed by atoms with van der Waals surface area (Å²) in [7, 11) is 0. The zero-order valence-electron chi connectivity index (χ0n) is 11.4. The normalized spacial score (nSPS) is 10.2. The third kappa shape index (κ3) is 3.68. The third-order valence-corrected chi connectivity index (χ3v) is 2.69. The van der Waals surface area contributed by atoms with E-state index in [-0.39, 0.29) is 0 Å². The molecule has 2 rings (SSSR count). The van der Waals surface area contributed by atoms with Crippen LogP contribution in [0.25, 0.3) is 0 Å². The van der Waals surface area contributed by atoms with Crippen LogP contribution in [0.3, 0.4) is 0 Å². The third-order valence-electron chi connectivity index (χ3n) is 2.69. The van der Waals surface area contributed by atoms with Gasteiger partial charge >= 0.3 is 0 Å². The second kappa shape index (κ2) is 6.73. The van der Waals surface area contributed by atoms with E-state index < -0.39 is 0 Å². The monoisotopic (exact) mass is 260 g/mol. The van der Waals surface area contributed by atoms with Crippen molar-refractivity contribution in [3.8, 4) is 11.5 Å². The molecule has 1 aromatic carbocycles. The molecule has 0 atom stereocenters. The van der Waals surface area contributed by atoms with Crippen molar-refractivity contribution in [2.45, 2.75) is 20.4 Å². The molecular weight excluding hydrogens is 240 g/mol. The first kappa shape index (κ1) is 13.3. The summed E-state index contributed by atoms with van der Waals surface area (Å²) in [5, 5.41) is 3.35. The van der Waals surface area contributed by atoms with Gasteiger partial charge in [0.2, 0.25) is 0 Å². The highest BCUT2D eigenvalue weighted by atomic mass is 16.5. The van der Waals surface area contributed by atoms with Crippen LogP contribution in [-0.2, 0) is 6.54 Å². The predicted octanol–water partition coefficient (Wildman–Crippen LogP) is 3.42. The van der Waals surface area contributed by atoms with Gasteiger partial charge in [0.05, 0.1) is 19.8 Å². The zero-order chi connectivity index (χ0) is 13.5. The second-order valence-electron chi connectivity index (χ2n) is 4.08. The maximum atomic E-state index is 5.59. The Hall–Kier alpha value is -2.10. The van der Waals surface area contributed by atoms with Gasteiger partial charge in [-0.2, -0.15) is 0 Å². The van der Waals surface area contributed by atoms with Crippen LogP contribution in [0.5, 0.6) is 11.5 Å². The van der Waals surface area contributed by atoms with Gasteiger partial charge in [-0.15, -0.1) is 0 Å². The first-order chi connectivity index (χ1) is 9.33. The van der Waals surface area contributed by atoms with Gasteiger partial charge in [-0.1, -0.05) is 0 Å². The molecule has 0 saturated heterocycles. The number of hydrogen-bond donors (Lipinski definition) is 2. The zero-order valence-corrected chi connectivity index (χ0v) is 11.4. The molecule has 0 unspecified atom stereocenters. The summed E-state index contributed by atoms with van der Waals surface area (Å²) in [5.41, 5.74) is 2.16. The van der Waals surface area contributed by atoms with E-state index in [0.717, 1.165) is 29.4 Å². The molecule has 0 saturated carbocycles. The average Bonchev–Trinajstić information content (AvgIpc) is 2.93. The average molecular weight is 260 g/mol. The van der Waals surface area contributed by atoms with E-state index in [0.29, 0.717) is 13.2 Å². The summed E-state index contributed by atoms with van der Waals surface area (Å²) in [4.78, 5) is 3.16. The molecule has 2 N–H and O–H groups in total. The fourth-order valence-electron chi connectivity index (χ4n) is 1.84. The lowest BCUT2D eigenvalue weighted by Gasteiger charge is -2.13. The van der Waals surface area contributed by atoms with Crippen LogP contribution in [0.15, 0.2) is 36.5 Å². The fraction of sp³-hybridized carbons (Fsp3) is 0.333. The van der Waals surface area contributed by atoms with Crippen molar-refractivity contribution < 1.29 is 9.47 Å². The number of H-pyrrole nitrogens is 1. The summed E-state index contributed by atoms with van der Waals surface area (Å²) in [6.07, 6.45) is 1.92. The number of benzene rings is 1. The van der Waals surface area contributed by atoms with Crippen LogP contribution in [0.1, 0.15) is 19.5 Å². The molecule has 0 spiro atoms. The van der Waals surface area contributed by atoms with Crippen molar-refractivity contribution in [2.24, 2.45) is 0 Å². The Morgan fingerprint density at radius 2 is 1.84 bits per heavy atom. The largest absolute Gasteiger partial charge is 0.490 e. The Labute approximate surface area is 113 Å². The molecule has 1 aromatic heterocycles. The highest BCUT2D eigenvalue weighted by molar-refractivity contribution is 5.54. The number of nitrogens with one attached hydrogen (secondary N) is 2. The maximum Gasteiger partial charge on any atom is 0.163 e. The van der Waals surface area contributed by atoms with Crippen molar-refractivity contribution in [1.29, 1.82) is 0 Å². The standard InChI is InChI=1S/C15H20N2O2/c1-3-18-14-8-7-12(10-15(14)19-4-2)17-11-13-6-5-9-16-13/h5-10,16-17H,3-4,11H2,1-2H3. The summed E-state index contributed by atoms with van der Waals surface area (Å²) < 4.78 is 11.1. The first-order valence-electron chi connectivity index (χ1n) is 6.59. The molecule has 19 heavy (non-hydrogen) atoms. The van der Waals surface area contributed by atoms with Crippen LogP contribution >= 0.6 is 0 Å². The van der Waals surface area contributed by atoms with Crippen LogP contribution < -0.4 is 14.8 Å². The topological polar surface area (TPSA) is 46.3 Å². The van der Waals surface area contributed by atoms with Gasteiger partial charge in [0.1, 0.15) is 0 Å². The smallest absolute Gasteiger partial charge is 0.163 e. The molecule has 4 heteroatoms. The van der Waals surface area contributed by atoms with Crippen molar-refractivity contribution in [2.75, 3.05) is 18.5 Å². The molecule has 0 fully saturated rings. The minimum atomic E-state index is 0.625. The quantitative estimate of drug-likeness (QED) is 0.801. The molecule has 0 radical (unpaired) electrons. The number of ether oxygens (including phenoxy) is 2. The molecule has 0 aliphatic rings. The minimum absolute atomic E-state index is 0.625. The first-order valence-corrected chi connectivity index (χ1v) is 6.59. The van der Waals surface area contributed by atoms with Crippen molar-refractivity contribution in [1.82, 2.24) is 4.98 Å². The van der Waals surface area contributed by atoms with E-state index in [1.807, 2.05) is 50.4 Å². The minimum Gasteiger partial charge on any atom is -0.490 e. The van der Waals surface area contributed by atoms with Crippen LogP contribution in [0.2, 0.25) is 0 Å². The number of rotatable bonds is 7. The SMILES string of the molecule is CCOc1ccc(NCc2ccc[nH]2)cc1OCC. The highest BCUT2D eigenvalue weighted by Crippen LogP contribution is 2.30. The summed E-state index contributed by atoms with van der Waals surface area (Å²) in [5.74, 6) is 1.57. The fourth-order valence-corrected chi connectivity index (χ4v) is 1.84. The van der Waals surface area contributed by atoms with Crippen LogP contribution in [0.4, 0.5) is 5.69 Å². The molecular formula is C15H20N2O2. The maximum absolute atomic E-state index is 5.59. The molecule has 0 aliphatic carbocycles. The molecule has 1 heterocycles. The number of aromatic amines is 1. The summed E-state index contributed by atoms with van der Waals surface area (Å²) in [6.45, 7) is 5.95.